The zero-order valence-corrected chi connectivity index (χ0v) is 12.8. The van der Waals surface area contributed by atoms with Gasteiger partial charge in [0, 0.05) is 52.5 Å². The lowest BCUT2D eigenvalue weighted by atomic mass is 10.2. The van der Waals surface area contributed by atoms with E-state index < -0.39 is 0 Å². The van der Waals surface area contributed by atoms with Gasteiger partial charge in [0.15, 0.2) is 0 Å². The van der Waals surface area contributed by atoms with Gasteiger partial charge in [-0.3, -0.25) is 9.69 Å². The van der Waals surface area contributed by atoms with E-state index in [1.54, 1.807) is 6.20 Å². The summed E-state index contributed by atoms with van der Waals surface area (Å²) in [6.45, 7) is 7.89. The van der Waals surface area contributed by atoms with Crippen molar-refractivity contribution in [2.45, 2.75) is 19.9 Å². The van der Waals surface area contributed by atoms with Gasteiger partial charge in [0.05, 0.1) is 5.56 Å². The fraction of sp³-hybridized carbons (Fsp3) is 0.600. The van der Waals surface area contributed by atoms with Crippen molar-refractivity contribution >= 4 is 11.7 Å². The predicted molar refractivity (Wildman–Crippen MR) is 81.2 cm³/mol. The molecule has 1 aromatic heterocycles. The second-order valence-corrected chi connectivity index (χ2v) is 5.72. The minimum Gasteiger partial charge on any atom is -0.363 e. The van der Waals surface area contributed by atoms with Gasteiger partial charge in [-0.2, -0.15) is 0 Å². The van der Waals surface area contributed by atoms with Gasteiger partial charge in [0.25, 0.3) is 5.91 Å². The lowest BCUT2D eigenvalue weighted by Gasteiger charge is -2.36. The third kappa shape index (κ3) is 3.28. The summed E-state index contributed by atoms with van der Waals surface area (Å²) in [5, 5.41) is 0. The summed E-state index contributed by atoms with van der Waals surface area (Å²) in [6.07, 6.45) is 1.67. The standard InChI is InChI=1S/C15H24N4O/c1-12(2)18-7-9-19(10-8-18)15(20)13-5-6-14(16-11-13)17(3)4/h5-6,11-12H,7-10H2,1-4H3. The molecule has 0 bridgehead atoms. The summed E-state index contributed by atoms with van der Waals surface area (Å²) >= 11 is 0. The van der Waals surface area contributed by atoms with E-state index in [-0.39, 0.29) is 5.91 Å². The molecule has 0 radical (unpaired) electrons. The Morgan fingerprint density at radius 1 is 1.20 bits per heavy atom. The summed E-state index contributed by atoms with van der Waals surface area (Å²) in [6, 6.07) is 4.30. The summed E-state index contributed by atoms with van der Waals surface area (Å²) in [5.74, 6) is 0.956. The number of hydrogen-bond acceptors (Lipinski definition) is 4. The summed E-state index contributed by atoms with van der Waals surface area (Å²) < 4.78 is 0. The Kier molecular flexibility index (Phi) is 4.60. The predicted octanol–water partition coefficient (Wildman–Crippen LogP) is 1.31. The van der Waals surface area contributed by atoms with Crippen LogP contribution in [0.3, 0.4) is 0 Å². The summed E-state index contributed by atoms with van der Waals surface area (Å²) in [5.41, 5.74) is 0.675. The normalized spacial score (nSPS) is 16.6. The zero-order valence-electron chi connectivity index (χ0n) is 12.8. The van der Waals surface area contributed by atoms with Crippen LogP contribution in [-0.2, 0) is 0 Å². The van der Waals surface area contributed by atoms with Crippen LogP contribution < -0.4 is 4.90 Å². The maximum atomic E-state index is 12.4. The summed E-state index contributed by atoms with van der Waals surface area (Å²) in [7, 11) is 3.88. The molecular weight excluding hydrogens is 252 g/mol. The van der Waals surface area contributed by atoms with Crippen LogP contribution in [0.1, 0.15) is 24.2 Å². The number of rotatable bonds is 3. The van der Waals surface area contributed by atoms with Crippen LogP contribution in [0, 0.1) is 0 Å². The van der Waals surface area contributed by atoms with Crippen molar-refractivity contribution in [2.24, 2.45) is 0 Å². The molecule has 1 amide bonds. The van der Waals surface area contributed by atoms with Crippen LogP contribution in [-0.4, -0.2) is 67.0 Å². The largest absolute Gasteiger partial charge is 0.363 e. The maximum absolute atomic E-state index is 12.4. The first-order valence-corrected chi connectivity index (χ1v) is 7.15. The number of hydrogen-bond donors (Lipinski definition) is 0. The van der Waals surface area contributed by atoms with E-state index >= 15 is 0 Å². The number of carbonyl (C=O) groups is 1. The van der Waals surface area contributed by atoms with E-state index in [1.165, 1.54) is 0 Å². The molecule has 0 unspecified atom stereocenters. The molecule has 5 nitrogen and oxygen atoms in total. The first-order chi connectivity index (χ1) is 9.49. The van der Waals surface area contributed by atoms with Gasteiger partial charge >= 0.3 is 0 Å². The Morgan fingerprint density at radius 3 is 2.30 bits per heavy atom. The molecular formula is C15H24N4O. The number of amides is 1. The van der Waals surface area contributed by atoms with Gasteiger partial charge in [-0.25, -0.2) is 4.98 Å². The summed E-state index contributed by atoms with van der Waals surface area (Å²) in [4.78, 5) is 23.0. The molecule has 1 saturated heterocycles. The second kappa shape index (κ2) is 6.22. The monoisotopic (exact) mass is 276 g/mol. The van der Waals surface area contributed by atoms with E-state index in [1.807, 2.05) is 36.0 Å². The molecule has 0 spiro atoms. The fourth-order valence-corrected chi connectivity index (χ4v) is 2.40. The highest BCUT2D eigenvalue weighted by Gasteiger charge is 2.23. The molecule has 0 saturated carbocycles. The lowest BCUT2D eigenvalue weighted by molar-refractivity contribution is 0.0595. The van der Waals surface area contributed by atoms with Crippen molar-refractivity contribution in [3.05, 3.63) is 23.9 Å². The van der Waals surface area contributed by atoms with Crippen molar-refractivity contribution in [1.29, 1.82) is 0 Å². The Labute approximate surface area is 121 Å². The van der Waals surface area contributed by atoms with Crippen LogP contribution in [0.2, 0.25) is 0 Å². The Bertz CT molecular complexity index is 447. The van der Waals surface area contributed by atoms with Crippen LogP contribution in [0.5, 0.6) is 0 Å². The number of pyridine rings is 1. The highest BCUT2D eigenvalue weighted by molar-refractivity contribution is 5.94. The van der Waals surface area contributed by atoms with Crippen molar-refractivity contribution < 1.29 is 4.79 Å². The minimum atomic E-state index is 0.0891. The van der Waals surface area contributed by atoms with Crippen LogP contribution in [0.4, 0.5) is 5.82 Å². The number of piperazine rings is 1. The SMILES string of the molecule is CC(C)N1CCN(C(=O)c2ccc(N(C)C)nc2)CC1. The second-order valence-electron chi connectivity index (χ2n) is 5.72. The van der Waals surface area contributed by atoms with E-state index in [9.17, 15) is 4.79 Å². The Morgan fingerprint density at radius 2 is 1.85 bits per heavy atom. The number of aromatic nitrogens is 1. The number of carbonyl (C=O) groups excluding carboxylic acids is 1. The smallest absolute Gasteiger partial charge is 0.255 e. The number of nitrogens with zero attached hydrogens (tertiary/aromatic N) is 4. The quantitative estimate of drug-likeness (QED) is 0.834. The first kappa shape index (κ1) is 14.8. The van der Waals surface area contributed by atoms with Crippen LogP contribution in [0.25, 0.3) is 0 Å². The molecule has 0 N–H and O–H groups in total. The fourth-order valence-electron chi connectivity index (χ4n) is 2.40. The maximum Gasteiger partial charge on any atom is 0.255 e. The molecule has 5 heteroatoms. The third-order valence-corrected chi connectivity index (χ3v) is 3.78. The van der Waals surface area contributed by atoms with Crippen molar-refractivity contribution in [3.8, 4) is 0 Å². The van der Waals surface area contributed by atoms with Crippen molar-refractivity contribution in [1.82, 2.24) is 14.8 Å². The molecule has 0 aliphatic carbocycles. The molecule has 0 atom stereocenters. The van der Waals surface area contributed by atoms with Gasteiger partial charge in [0.1, 0.15) is 5.82 Å². The molecule has 1 fully saturated rings. The van der Waals surface area contributed by atoms with E-state index in [0.29, 0.717) is 11.6 Å². The molecule has 1 aliphatic heterocycles. The van der Waals surface area contributed by atoms with Crippen molar-refractivity contribution in [3.63, 3.8) is 0 Å². The van der Waals surface area contributed by atoms with Gasteiger partial charge in [-0.15, -0.1) is 0 Å². The first-order valence-electron chi connectivity index (χ1n) is 7.15. The van der Waals surface area contributed by atoms with Gasteiger partial charge < -0.3 is 9.80 Å². The Hall–Kier alpha value is -1.62. The molecule has 20 heavy (non-hydrogen) atoms. The minimum absolute atomic E-state index is 0.0891. The zero-order chi connectivity index (χ0) is 14.7. The highest BCUT2D eigenvalue weighted by atomic mass is 16.2. The van der Waals surface area contributed by atoms with Gasteiger partial charge in [-0.05, 0) is 26.0 Å². The molecule has 110 valence electrons. The Balaban J connectivity index is 1.98. The highest BCUT2D eigenvalue weighted by Crippen LogP contribution is 2.12. The third-order valence-electron chi connectivity index (χ3n) is 3.78. The van der Waals surface area contributed by atoms with Gasteiger partial charge in [-0.1, -0.05) is 0 Å². The van der Waals surface area contributed by atoms with E-state index in [2.05, 4.69) is 23.7 Å². The van der Waals surface area contributed by atoms with Crippen LogP contribution in [0.15, 0.2) is 18.3 Å². The average Bonchev–Trinajstić information content (AvgIpc) is 2.46. The van der Waals surface area contributed by atoms with Gasteiger partial charge in [0.2, 0.25) is 0 Å². The van der Waals surface area contributed by atoms with Crippen LogP contribution >= 0.6 is 0 Å². The molecule has 0 aromatic carbocycles. The van der Waals surface area contributed by atoms with E-state index in [4.69, 9.17) is 0 Å². The average molecular weight is 276 g/mol. The molecule has 1 aliphatic rings. The topological polar surface area (TPSA) is 39.7 Å². The lowest BCUT2D eigenvalue weighted by Crippen LogP contribution is -2.50. The van der Waals surface area contributed by atoms with Crippen molar-refractivity contribution in [2.75, 3.05) is 45.2 Å². The number of anilines is 1. The molecule has 1 aromatic rings. The molecule has 2 heterocycles. The van der Waals surface area contributed by atoms with E-state index in [0.717, 1.165) is 32.0 Å². The molecule has 2 rings (SSSR count).